The molecule has 2 N–H and O–H groups in total. The van der Waals surface area contributed by atoms with Gasteiger partial charge in [0.15, 0.2) is 5.96 Å². The number of nitrogens with zero attached hydrogens (tertiary/aromatic N) is 3. The molecule has 1 aliphatic carbocycles. The lowest BCUT2D eigenvalue weighted by atomic mass is 9.94. The molecule has 1 heterocycles. The van der Waals surface area contributed by atoms with E-state index in [1.807, 2.05) is 65.4 Å². The van der Waals surface area contributed by atoms with Crippen LogP contribution < -0.4 is 10.5 Å². The van der Waals surface area contributed by atoms with Crippen molar-refractivity contribution in [1.29, 1.82) is 0 Å². The Labute approximate surface area is 184 Å². The van der Waals surface area contributed by atoms with Gasteiger partial charge in [0.2, 0.25) is 5.91 Å². The lowest BCUT2D eigenvalue weighted by Gasteiger charge is -2.32. The SMILES string of the molecule is CN(C(=O)CCCN1Cc2cc(Oc3ccccc3)ccc2N=C1N)C1CCCCC1. The molecule has 0 radical (unpaired) electrons. The van der Waals surface area contributed by atoms with Crippen molar-refractivity contribution in [3.05, 3.63) is 54.1 Å². The highest BCUT2D eigenvalue weighted by Crippen LogP contribution is 2.31. The molecular weight excluding hydrogens is 388 g/mol. The summed E-state index contributed by atoms with van der Waals surface area (Å²) in [5.74, 6) is 2.33. The van der Waals surface area contributed by atoms with Gasteiger partial charge >= 0.3 is 0 Å². The van der Waals surface area contributed by atoms with Crippen molar-refractivity contribution >= 4 is 17.6 Å². The molecule has 2 aromatic carbocycles. The van der Waals surface area contributed by atoms with Gasteiger partial charge in [-0.05, 0) is 49.6 Å². The highest BCUT2D eigenvalue weighted by atomic mass is 16.5. The van der Waals surface area contributed by atoms with E-state index in [-0.39, 0.29) is 5.91 Å². The monoisotopic (exact) mass is 420 g/mol. The number of amides is 1. The first kappa shape index (κ1) is 21.2. The third-order valence-electron chi connectivity index (χ3n) is 6.28. The average Bonchev–Trinajstić information content (AvgIpc) is 2.80. The zero-order chi connectivity index (χ0) is 21.6. The van der Waals surface area contributed by atoms with E-state index in [1.165, 1.54) is 19.3 Å². The summed E-state index contributed by atoms with van der Waals surface area (Å²) in [5, 5.41) is 0. The Hall–Kier alpha value is -3.02. The molecule has 0 bridgehead atoms. The number of rotatable bonds is 7. The van der Waals surface area contributed by atoms with Crippen LogP contribution in [-0.2, 0) is 11.3 Å². The summed E-state index contributed by atoms with van der Waals surface area (Å²) in [6, 6.07) is 16.0. The summed E-state index contributed by atoms with van der Waals surface area (Å²) in [6.07, 6.45) is 7.35. The molecule has 1 aliphatic heterocycles. The predicted molar refractivity (Wildman–Crippen MR) is 124 cm³/mol. The summed E-state index contributed by atoms with van der Waals surface area (Å²) in [5.41, 5.74) is 8.15. The lowest BCUT2D eigenvalue weighted by molar-refractivity contribution is -0.132. The molecule has 6 heteroatoms. The molecule has 6 nitrogen and oxygen atoms in total. The molecule has 1 amide bonds. The van der Waals surface area contributed by atoms with Crippen molar-refractivity contribution in [3.63, 3.8) is 0 Å². The molecule has 0 unspecified atom stereocenters. The number of hydrogen-bond donors (Lipinski definition) is 1. The van der Waals surface area contributed by atoms with Crippen LogP contribution >= 0.6 is 0 Å². The Balaban J connectivity index is 1.32. The minimum absolute atomic E-state index is 0.235. The first-order chi connectivity index (χ1) is 15.1. The lowest BCUT2D eigenvalue weighted by Crippen LogP contribution is -2.41. The van der Waals surface area contributed by atoms with Crippen molar-refractivity contribution in [2.75, 3.05) is 13.6 Å². The summed E-state index contributed by atoms with van der Waals surface area (Å²) in [4.78, 5) is 21.2. The zero-order valence-electron chi connectivity index (χ0n) is 18.3. The van der Waals surface area contributed by atoms with Gasteiger partial charge in [-0.25, -0.2) is 4.99 Å². The number of fused-ring (bicyclic) bond motifs is 1. The molecule has 1 fully saturated rings. The summed E-state index contributed by atoms with van der Waals surface area (Å²) >= 11 is 0. The van der Waals surface area contributed by atoms with Crippen LogP contribution in [0.15, 0.2) is 53.5 Å². The Morgan fingerprint density at radius 2 is 1.90 bits per heavy atom. The van der Waals surface area contributed by atoms with Crippen LogP contribution in [-0.4, -0.2) is 41.3 Å². The molecule has 31 heavy (non-hydrogen) atoms. The first-order valence-corrected chi connectivity index (χ1v) is 11.3. The van der Waals surface area contributed by atoms with Crippen molar-refractivity contribution in [1.82, 2.24) is 9.80 Å². The zero-order valence-corrected chi connectivity index (χ0v) is 18.3. The van der Waals surface area contributed by atoms with Crippen LogP contribution in [0.5, 0.6) is 11.5 Å². The highest BCUT2D eigenvalue weighted by Gasteiger charge is 2.23. The molecule has 2 aliphatic rings. The smallest absolute Gasteiger partial charge is 0.222 e. The van der Waals surface area contributed by atoms with Crippen LogP contribution in [0, 0.1) is 0 Å². The maximum Gasteiger partial charge on any atom is 0.222 e. The highest BCUT2D eigenvalue weighted by molar-refractivity contribution is 5.83. The second kappa shape index (κ2) is 9.86. The van der Waals surface area contributed by atoms with Gasteiger partial charge < -0.3 is 20.3 Å². The number of nitrogens with two attached hydrogens (primary N) is 1. The van der Waals surface area contributed by atoms with Crippen LogP contribution in [0.4, 0.5) is 5.69 Å². The van der Waals surface area contributed by atoms with Gasteiger partial charge in [0.25, 0.3) is 0 Å². The van der Waals surface area contributed by atoms with Gasteiger partial charge in [-0.2, -0.15) is 0 Å². The van der Waals surface area contributed by atoms with Crippen LogP contribution in [0.1, 0.15) is 50.5 Å². The minimum atomic E-state index is 0.235. The number of carbonyl (C=O) groups excluding carboxylic acids is 1. The molecule has 164 valence electrons. The number of para-hydroxylation sites is 1. The first-order valence-electron chi connectivity index (χ1n) is 11.3. The standard InChI is InChI=1S/C25H32N4O2/c1-28(20-9-4-2-5-10-20)24(30)13-8-16-29-18-19-17-22(14-15-23(19)27-25(29)26)31-21-11-6-3-7-12-21/h3,6-7,11-12,14-15,17,20H,2,4-5,8-10,13,16,18H2,1H3,(H2,26,27). The van der Waals surface area contributed by atoms with E-state index in [4.69, 9.17) is 10.5 Å². The fraction of sp³-hybridized carbons (Fsp3) is 0.440. The van der Waals surface area contributed by atoms with Gasteiger partial charge in [0, 0.05) is 38.2 Å². The maximum absolute atomic E-state index is 12.6. The molecule has 0 spiro atoms. The summed E-state index contributed by atoms with van der Waals surface area (Å²) in [7, 11) is 1.96. The molecule has 0 saturated heterocycles. The number of benzene rings is 2. The minimum Gasteiger partial charge on any atom is -0.457 e. The molecule has 0 aromatic heterocycles. The largest absolute Gasteiger partial charge is 0.457 e. The molecule has 1 saturated carbocycles. The van der Waals surface area contributed by atoms with E-state index in [0.717, 1.165) is 42.0 Å². The second-order valence-electron chi connectivity index (χ2n) is 8.50. The van der Waals surface area contributed by atoms with Gasteiger partial charge in [-0.1, -0.05) is 37.5 Å². The number of carbonyl (C=O) groups is 1. The van der Waals surface area contributed by atoms with Crippen LogP contribution in [0.2, 0.25) is 0 Å². The number of aliphatic imine (C=N–C) groups is 1. The normalized spacial score (nSPS) is 16.4. The third-order valence-corrected chi connectivity index (χ3v) is 6.28. The van der Waals surface area contributed by atoms with Gasteiger partial charge in [0.1, 0.15) is 11.5 Å². The second-order valence-corrected chi connectivity index (χ2v) is 8.50. The Bertz CT molecular complexity index is 922. The number of guanidine groups is 1. The Kier molecular flexibility index (Phi) is 6.75. The van der Waals surface area contributed by atoms with Crippen LogP contribution in [0.25, 0.3) is 0 Å². The van der Waals surface area contributed by atoms with E-state index in [2.05, 4.69) is 4.99 Å². The van der Waals surface area contributed by atoms with Crippen molar-refractivity contribution in [2.24, 2.45) is 10.7 Å². The van der Waals surface area contributed by atoms with Crippen molar-refractivity contribution < 1.29 is 9.53 Å². The van der Waals surface area contributed by atoms with E-state index in [9.17, 15) is 4.79 Å². The third kappa shape index (κ3) is 5.37. The fourth-order valence-corrected chi connectivity index (χ4v) is 4.43. The van der Waals surface area contributed by atoms with Crippen molar-refractivity contribution in [3.8, 4) is 11.5 Å². The molecule has 0 atom stereocenters. The number of ether oxygens (including phenoxy) is 1. The predicted octanol–water partition coefficient (Wildman–Crippen LogP) is 4.81. The summed E-state index contributed by atoms with van der Waals surface area (Å²) in [6.45, 7) is 1.38. The van der Waals surface area contributed by atoms with Crippen LogP contribution in [0.3, 0.4) is 0 Å². The van der Waals surface area contributed by atoms with Crippen molar-refractivity contribution in [2.45, 2.75) is 57.5 Å². The van der Waals surface area contributed by atoms with Gasteiger partial charge in [-0.15, -0.1) is 0 Å². The molecular formula is C25H32N4O2. The van der Waals surface area contributed by atoms with E-state index >= 15 is 0 Å². The van der Waals surface area contributed by atoms with Gasteiger partial charge in [0.05, 0.1) is 5.69 Å². The molecule has 2 aromatic rings. The van der Waals surface area contributed by atoms with E-state index in [0.29, 0.717) is 31.5 Å². The quantitative estimate of drug-likeness (QED) is 0.698. The van der Waals surface area contributed by atoms with Gasteiger partial charge in [-0.3, -0.25) is 4.79 Å². The molecule has 4 rings (SSSR count). The number of hydrogen-bond acceptors (Lipinski definition) is 5. The Morgan fingerprint density at radius 1 is 1.13 bits per heavy atom. The Morgan fingerprint density at radius 3 is 2.68 bits per heavy atom. The maximum atomic E-state index is 12.6. The fourth-order valence-electron chi connectivity index (χ4n) is 4.43. The average molecular weight is 421 g/mol. The van der Waals surface area contributed by atoms with E-state index < -0.39 is 0 Å². The topological polar surface area (TPSA) is 71.2 Å². The van der Waals surface area contributed by atoms with E-state index in [1.54, 1.807) is 0 Å². The summed E-state index contributed by atoms with van der Waals surface area (Å²) < 4.78 is 5.95.